The molecule has 0 spiro atoms. The van der Waals surface area contributed by atoms with Crippen molar-refractivity contribution >= 4 is 5.91 Å². The van der Waals surface area contributed by atoms with Gasteiger partial charge in [-0.1, -0.05) is 13.8 Å². The maximum Gasteiger partial charge on any atom is 0.244 e. The third kappa shape index (κ3) is 3.38. The van der Waals surface area contributed by atoms with E-state index in [4.69, 9.17) is 0 Å². The highest BCUT2D eigenvalue weighted by atomic mass is 16.2. The van der Waals surface area contributed by atoms with Crippen molar-refractivity contribution in [2.45, 2.75) is 33.7 Å². The molecule has 1 N–H and O–H groups in total. The van der Waals surface area contributed by atoms with Gasteiger partial charge in [-0.25, -0.2) is 0 Å². The normalized spacial score (nSPS) is 12.9. The first kappa shape index (κ1) is 11.8. The van der Waals surface area contributed by atoms with Crippen molar-refractivity contribution in [3.8, 4) is 0 Å². The first-order valence-electron chi connectivity index (χ1n) is 5.30. The van der Waals surface area contributed by atoms with E-state index < -0.39 is 0 Å². The van der Waals surface area contributed by atoms with Gasteiger partial charge in [0.25, 0.3) is 0 Å². The molecule has 0 saturated heterocycles. The Bertz CT molecular complexity index is 330. The second-order valence-corrected chi connectivity index (χ2v) is 4.25. The van der Waals surface area contributed by atoms with Crippen molar-refractivity contribution in [3.05, 3.63) is 18.0 Å². The van der Waals surface area contributed by atoms with Gasteiger partial charge in [0.15, 0.2) is 0 Å². The number of nitrogens with zero attached hydrogens (tertiary/aromatic N) is 2. The van der Waals surface area contributed by atoms with Gasteiger partial charge in [-0.2, -0.15) is 5.10 Å². The molecule has 4 heteroatoms. The zero-order valence-electron chi connectivity index (χ0n) is 9.82. The highest BCUT2D eigenvalue weighted by Gasteiger charge is 2.14. The van der Waals surface area contributed by atoms with Gasteiger partial charge in [0, 0.05) is 12.7 Å². The number of aromatic nitrogens is 2. The van der Waals surface area contributed by atoms with Gasteiger partial charge in [-0.05, 0) is 25.8 Å². The standard InChI is InChI=1S/C11H19N3O/c1-8(2)7-12-11(15)10(4)14-6-5-9(3)13-14/h5-6,8,10H,7H2,1-4H3,(H,12,15). The van der Waals surface area contributed by atoms with Crippen LogP contribution in [0.25, 0.3) is 0 Å². The SMILES string of the molecule is Cc1ccn(C(C)C(=O)NCC(C)C)n1. The molecule has 0 aromatic carbocycles. The molecule has 0 bridgehead atoms. The Morgan fingerprint density at radius 1 is 1.53 bits per heavy atom. The smallest absolute Gasteiger partial charge is 0.244 e. The molecule has 0 fully saturated rings. The number of nitrogens with one attached hydrogen (secondary N) is 1. The van der Waals surface area contributed by atoms with Crippen molar-refractivity contribution < 1.29 is 4.79 Å². The Balaban J connectivity index is 2.53. The van der Waals surface area contributed by atoms with Crippen LogP contribution in [0.4, 0.5) is 0 Å². The molecule has 1 amide bonds. The van der Waals surface area contributed by atoms with Crippen LogP contribution in [-0.2, 0) is 4.79 Å². The van der Waals surface area contributed by atoms with Crippen LogP contribution < -0.4 is 5.32 Å². The van der Waals surface area contributed by atoms with Crippen LogP contribution in [0.3, 0.4) is 0 Å². The van der Waals surface area contributed by atoms with E-state index >= 15 is 0 Å². The minimum Gasteiger partial charge on any atom is -0.354 e. The predicted octanol–water partition coefficient (Wildman–Crippen LogP) is 1.52. The molecule has 0 aliphatic heterocycles. The van der Waals surface area contributed by atoms with Gasteiger partial charge in [-0.3, -0.25) is 9.48 Å². The molecule has 1 unspecified atom stereocenters. The molecule has 1 atom stereocenters. The van der Waals surface area contributed by atoms with Crippen LogP contribution in [0.1, 0.15) is 32.5 Å². The van der Waals surface area contributed by atoms with Gasteiger partial charge in [0.1, 0.15) is 6.04 Å². The van der Waals surface area contributed by atoms with E-state index in [1.165, 1.54) is 0 Å². The lowest BCUT2D eigenvalue weighted by Crippen LogP contribution is -2.33. The topological polar surface area (TPSA) is 46.9 Å². The zero-order chi connectivity index (χ0) is 11.4. The maximum atomic E-state index is 11.7. The molecular formula is C11H19N3O. The Labute approximate surface area is 90.7 Å². The average Bonchev–Trinajstić information content (AvgIpc) is 2.60. The minimum atomic E-state index is -0.238. The van der Waals surface area contributed by atoms with E-state index in [-0.39, 0.29) is 11.9 Å². The van der Waals surface area contributed by atoms with Gasteiger partial charge in [0.2, 0.25) is 5.91 Å². The molecular weight excluding hydrogens is 190 g/mol. The van der Waals surface area contributed by atoms with Gasteiger partial charge >= 0.3 is 0 Å². The second kappa shape index (κ2) is 4.96. The number of amides is 1. The molecule has 15 heavy (non-hydrogen) atoms. The number of aryl methyl sites for hydroxylation is 1. The number of hydrogen-bond acceptors (Lipinski definition) is 2. The molecule has 0 saturated carbocycles. The number of rotatable bonds is 4. The fraction of sp³-hybridized carbons (Fsp3) is 0.636. The number of hydrogen-bond donors (Lipinski definition) is 1. The Kier molecular flexibility index (Phi) is 3.88. The molecule has 1 heterocycles. The monoisotopic (exact) mass is 209 g/mol. The van der Waals surface area contributed by atoms with Crippen molar-refractivity contribution in [2.24, 2.45) is 5.92 Å². The maximum absolute atomic E-state index is 11.7. The summed E-state index contributed by atoms with van der Waals surface area (Å²) in [6.45, 7) is 8.62. The molecule has 0 aliphatic carbocycles. The summed E-state index contributed by atoms with van der Waals surface area (Å²) in [7, 11) is 0. The Morgan fingerprint density at radius 3 is 2.67 bits per heavy atom. The third-order valence-corrected chi connectivity index (χ3v) is 2.20. The summed E-state index contributed by atoms with van der Waals surface area (Å²) in [5.74, 6) is 0.493. The highest BCUT2D eigenvalue weighted by Crippen LogP contribution is 2.05. The first-order chi connectivity index (χ1) is 7.00. The Morgan fingerprint density at radius 2 is 2.20 bits per heavy atom. The highest BCUT2D eigenvalue weighted by molar-refractivity contribution is 5.79. The van der Waals surface area contributed by atoms with Crippen molar-refractivity contribution in [1.82, 2.24) is 15.1 Å². The lowest BCUT2D eigenvalue weighted by atomic mass is 10.2. The number of carbonyl (C=O) groups is 1. The summed E-state index contributed by atoms with van der Waals surface area (Å²) < 4.78 is 1.69. The molecule has 84 valence electrons. The fourth-order valence-electron chi connectivity index (χ4n) is 1.22. The molecule has 0 aliphatic rings. The predicted molar refractivity (Wildman–Crippen MR) is 59.5 cm³/mol. The molecule has 1 aromatic heterocycles. The van der Waals surface area contributed by atoms with E-state index in [9.17, 15) is 4.79 Å². The van der Waals surface area contributed by atoms with E-state index in [1.807, 2.05) is 26.1 Å². The summed E-state index contributed by atoms with van der Waals surface area (Å²) >= 11 is 0. The van der Waals surface area contributed by atoms with Crippen LogP contribution >= 0.6 is 0 Å². The van der Waals surface area contributed by atoms with Crippen molar-refractivity contribution in [1.29, 1.82) is 0 Å². The zero-order valence-corrected chi connectivity index (χ0v) is 9.82. The molecule has 4 nitrogen and oxygen atoms in total. The number of carbonyl (C=O) groups excluding carboxylic acids is 1. The molecule has 0 radical (unpaired) electrons. The summed E-state index contributed by atoms with van der Waals surface area (Å²) in [6, 6.07) is 1.66. The lowest BCUT2D eigenvalue weighted by Gasteiger charge is -2.13. The second-order valence-electron chi connectivity index (χ2n) is 4.25. The van der Waals surface area contributed by atoms with E-state index in [2.05, 4.69) is 24.3 Å². The lowest BCUT2D eigenvalue weighted by molar-refractivity contribution is -0.124. The summed E-state index contributed by atoms with van der Waals surface area (Å²) in [6.07, 6.45) is 1.83. The average molecular weight is 209 g/mol. The van der Waals surface area contributed by atoms with Crippen LogP contribution in [0.2, 0.25) is 0 Å². The van der Waals surface area contributed by atoms with Gasteiger partial charge < -0.3 is 5.32 Å². The van der Waals surface area contributed by atoms with E-state index in [0.29, 0.717) is 12.5 Å². The van der Waals surface area contributed by atoms with E-state index in [1.54, 1.807) is 4.68 Å². The van der Waals surface area contributed by atoms with Crippen LogP contribution in [0, 0.1) is 12.8 Å². The minimum absolute atomic E-state index is 0.0202. The Hall–Kier alpha value is -1.32. The van der Waals surface area contributed by atoms with Gasteiger partial charge in [0.05, 0.1) is 5.69 Å². The van der Waals surface area contributed by atoms with Gasteiger partial charge in [-0.15, -0.1) is 0 Å². The first-order valence-corrected chi connectivity index (χ1v) is 5.30. The van der Waals surface area contributed by atoms with Crippen LogP contribution in [0.15, 0.2) is 12.3 Å². The largest absolute Gasteiger partial charge is 0.354 e. The summed E-state index contributed by atoms with van der Waals surface area (Å²) in [4.78, 5) is 11.7. The van der Waals surface area contributed by atoms with Crippen molar-refractivity contribution in [3.63, 3.8) is 0 Å². The summed E-state index contributed by atoms with van der Waals surface area (Å²) in [5.41, 5.74) is 0.929. The van der Waals surface area contributed by atoms with E-state index in [0.717, 1.165) is 5.69 Å². The van der Waals surface area contributed by atoms with Crippen LogP contribution in [0.5, 0.6) is 0 Å². The van der Waals surface area contributed by atoms with Crippen molar-refractivity contribution in [2.75, 3.05) is 6.54 Å². The quantitative estimate of drug-likeness (QED) is 0.817. The fourth-order valence-corrected chi connectivity index (χ4v) is 1.22. The molecule has 1 rings (SSSR count). The third-order valence-electron chi connectivity index (χ3n) is 2.20. The van der Waals surface area contributed by atoms with Crippen LogP contribution in [-0.4, -0.2) is 22.2 Å². The molecule has 1 aromatic rings. The summed E-state index contributed by atoms with van der Waals surface area (Å²) in [5, 5.41) is 7.10.